The number of carbonyl (C=O) groups is 2. The predicted molar refractivity (Wildman–Crippen MR) is 87.6 cm³/mol. The molecule has 0 aliphatic carbocycles. The first kappa shape index (κ1) is 17.5. The highest BCUT2D eigenvalue weighted by molar-refractivity contribution is 6.29. The van der Waals surface area contributed by atoms with Gasteiger partial charge in [-0.15, -0.1) is 0 Å². The second kappa shape index (κ2) is 6.74. The third-order valence-corrected chi connectivity index (χ3v) is 3.68. The van der Waals surface area contributed by atoms with Crippen LogP contribution in [0.1, 0.15) is 38.2 Å². The topological polar surface area (TPSA) is 62.7 Å². The third-order valence-electron chi connectivity index (χ3n) is 3.47. The maximum Gasteiger partial charge on any atom is 0.410 e. The van der Waals surface area contributed by atoms with Gasteiger partial charge < -0.3 is 14.5 Å². The molecule has 7 heteroatoms. The number of amides is 2. The molecule has 2 heterocycles. The quantitative estimate of drug-likeness (QED) is 0.738. The molecule has 0 aromatic carbocycles. The summed E-state index contributed by atoms with van der Waals surface area (Å²) >= 11 is 5.84. The van der Waals surface area contributed by atoms with Crippen LogP contribution >= 0.6 is 11.6 Å². The molecule has 1 aromatic heterocycles. The van der Waals surface area contributed by atoms with E-state index in [4.69, 9.17) is 16.3 Å². The molecule has 1 atom stereocenters. The summed E-state index contributed by atoms with van der Waals surface area (Å²) in [6.45, 7) is 8.70. The van der Waals surface area contributed by atoms with Gasteiger partial charge in [0.1, 0.15) is 16.4 Å². The molecule has 0 spiro atoms. The standard InChI is InChI=1S/C16H22ClN3O3/c1-11-10-19(15(22)23-16(2,3)4)8-9-20(11)14(21)12-6-5-7-13(17)18-12/h5-7,11H,8-10H2,1-4H3. The van der Waals surface area contributed by atoms with Crippen LogP contribution < -0.4 is 0 Å². The van der Waals surface area contributed by atoms with Crippen molar-refractivity contribution < 1.29 is 14.3 Å². The summed E-state index contributed by atoms with van der Waals surface area (Å²) < 4.78 is 5.38. The largest absolute Gasteiger partial charge is 0.444 e. The van der Waals surface area contributed by atoms with Crippen LogP contribution in [0, 0.1) is 0 Å². The molecular weight excluding hydrogens is 318 g/mol. The molecule has 1 fully saturated rings. The minimum absolute atomic E-state index is 0.121. The molecular formula is C16H22ClN3O3. The van der Waals surface area contributed by atoms with Crippen molar-refractivity contribution in [1.82, 2.24) is 14.8 Å². The lowest BCUT2D eigenvalue weighted by molar-refractivity contribution is 0.00606. The SMILES string of the molecule is CC1CN(C(=O)OC(C)(C)C)CCN1C(=O)c1cccc(Cl)n1. The van der Waals surface area contributed by atoms with Crippen LogP contribution in [0.4, 0.5) is 4.79 Å². The highest BCUT2D eigenvalue weighted by Crippen LogP contribution is 2.17. The van der Waals surface area contributed by atoms with Gasteiger partial charge in [-0.2, -0.15) is 0 Å². The van der Waals surface area contributed by atoms with Crippen molar-refractivity contribution in [2.24, 2.45) is 0 Å². The number of nitrogens with zero attached hydrogens (tertiary/aromatic N) is 3. The van der Waals surface area contributed by atoms with E-state index in [0.717, 1.165) is 0 Å². The summed E-state index contributed by atoms with van der Waals surface area (Å²) in [5, 5.41) is 0.288. The lowest BCUT2D eigenvalue weighted by atomic mass is 10.1. The van der Waals surface area contributed by atoms with E-state index in [9.17, 15) is 9.59 Å². The summed E-state index contributed by atoms with van der Waals surface area (Å²) in [5.41, 5.74) is -0.215. The molecule has 2 amide bonds. The lowest BCUT2D eigenvalue weighted by Crippen LogP contribution is -2.56. The smallest absolute Gasteiger partial charge is 0.410 e. The zero-order chi connectivity index (χ0) is 17.2. The first-order valence-electron chi connectivity index (χ1n) is 7.59. The van der Waals surface area contributed by atoms with Crippen molar-refractivity contribution in [2.45, 2.75) is 39.3 Å². The van der Waals surface area contributed by atoms with E-state index >= 15 is 0 Å². The Labute approximate surface area is 141 Å². The number of ether oxygens (including phenoxy) is 1. The fourth-order valence-corrected chi connectivity index (χ4v) is 2.59. The summed E-state index contributed by atoms with van der Waals surface area (Å²) in [6.07, 6.45) is -0.350. The number of aromatic nitrogens is 1. The van der Waals surface area contributed by atoms with Crippen LogP contribution in [0.5, 0.6) is 0 Å². The molecule has 1 aliphatic heterocycles. The van der Waals surface area contributed by atoms with Crippen molar-refractivity contribution in [3.8, 4) is 0 Å². The highest BCUT2D eigenvalue weighted by Gasteiger charge is 2.32. The molecule has 1 aromatic rings. The maximum absolute atomic E-state index is 12.5. The van der Waals surface area contributed by atoms with Crippen molar-refractivity contribution in [3.63, 3.8) is 0 Å². The summed E-state index contributed by atoms with van der Waals surface area (Å²) in [5.74, 6) is -0.177. The normalized spacial score (nSPS) is 18.7. The number of piperazine rings is 1. The first-order valence-corrected chi connectivity index (χ1v) is 7.96. The Morgan fingerprint density at radius 2 is 2.00 bits per heavy atom. The van der Waals surface area contributed by atoms with E-state index in [1.165, 1.54) is 0 Å². The molecule has 1 saturated heterocycles. The zero-order valence-electron chi connectivity index (χ0n) is 13.9. The van der Waals surface area contributed by atoms with E-state index in [-0.39, 0.29) is 23.2 Å². The van der Waals surface area contributed by atoms with Crippen LogP contribution in [0.3, 0.4) is 0 Å². The number of rotatable bonds is 1. The Balaban J connectivity index is 2.01. The second-order valence-corrected chi connectivity index (χ2v) is 7.01. The van der Waals surface area contributed by atoms with E-state index in [1.807, 2.05) is 27.7 Å². The molecule has 0 saturated carbocycles. The van der Waals surface area contributed by atoms with Crippen LogP contribution in [0.15, 0.2) is 18.2 Å². The van der Waals surface area contributed by atoms with E-state index < -0.39 is 5.60 Å². The van der Waals surface area contributed by atoms with Gasteiger partial charge in [-0.3, -0.25) is 4.79 Å². The number of hydrogen-bond donors (Lipinski definition) is 0. The van der Waals surface area contributed by atoms with Gasteiger partial charge >= 0.3 is 6.09 Å². The molecule has 23 heavy (non-hydrogen) atoms. The Morgan fingerprint density at radius 1 is 1.30 bits per heavy atom. The van der Waals surface area contributed by atoms with Gasteiger partial charge in [-0.05, 0) is 39.8 Å². The zero-order valence-corrected chi connectivity index (χ0v) is 14.6. The highest BCUT2D eigenvalue weighted by atomic mass is 35.5. The van der Waals surface area contributed by atoms with Crippen LogP contribution in [0.2, 0.25) is 5.15 Å². The number of carbonyl (C=O) groups excluding carboxylic acids is 2. The number of halogens is 1. The molecule has 2 rings (SSSR count). The second-order valence-electron chi connectivity index (χ2n) is 6.62. The first-order chi connectivity index (χ1) is 10.7. The third kappa shape index (κ3) is 4.58. The molecule has 0 bridgehead atoms. The van der Waals surface area contributed by atoms with E-state index in [0.29, 0.717) is 25.3 Å². The fourth-order valence-electron chi connectivity index (χ4n) is 2.43. The van der Waals surface area contributed by atoms with Crippen molar-refractivity contribution in [2.75, 3.05) is 19.6 Å². The Bertz CT molecular complexity index is 600. The Kier molecular flexibility index (Phi) is 5.14. The van der Waals surface area contributed by atoms with Gasteiger partial charge in [0.2, 0.25) is 0 Å². The Hall–Kier alpha value is -1.82. The van der Waals surface area contributed by atoms with Crippen molar-refractivity contribution >= 4 is 23.6 Å². The van der Waals surface area contributed by atoms with E-state index in [2.05, 4.69) is 4.98 Å². The van der Waals surface area contributed by atoms with Crippen LogP contribution in [0.25, 0.3) is 0 Å². The lowest BCUT2D eigenvalue weighted by Gasteiger charge is -2.40. The summed E-state index contributed by atoms with van der Waals surface area (Å²) in [4.78, 5) is 32.1. The molecule has 0 radical (unpaired) electrons. The van der Waals surface area contributed by atoms with Gasteiger partial charge in [0.15, 0.2) is 0 Å². The van der Waals surface area contributed by atoms with Gasteiger partial charge in [0.25, 0.3) is 5.91 Å². The van der Waals surface area contributed by atoms with Crippen LogP contribution in [-0.2, 0) is 4.74 Å². The molecule has 0 N–H and O–H groups in total. The van der Waals surface area contributed by atoms with Gasteiger partial charge in [0, 0.05) is 25.7 Å². The fraction of sp³-hybridized carbons (Fsp3) is 0.562. The number of pyridine rings is 1. The van der Waals surface area contributed by atoms with E-state index in [1.54, 1.807) is 28.0 Å². The number of hydrogen-bond acceptors (Lipinski definition) is 4. The molecule has 1 aliphatic rings. The monoisotopic (exact) mass is 339 g/mol. The minimum Gasteiger partial charge on any atom is -0.444 e. The van der Waals surface area contributed by atoms with Crippen molar-refractivity contribution in [3.05, 3.63) is 29.0 Å². The predicted octanol–water partition coefficient (Wildman–Crippen LogP) is 2.82. The Morgan fingerprint density at radius 3 is 2.57 bits per heavy atom. The minimum atomic E-state index is -0.530. The van der Waals surface area contributed by atoms with Gasteiger partial charge in [0.05, 0.1) is 0 Å². The van der Waals surface area contributed by atoms with Gasteiger partial charge in [-0.1, -0.05) is 17.7 Å². The average molecular weight is 340 g/mol. The summed E-state index contributed by atoms with van der Waals surface area (Å²) in [7, 11) is 0. The van der Waals surface area contributed by atoms with Crippen molar-refractivity contribution in [1.29, 1.82) is 0 Å². The summed E-state index contributed by atoms with van der Waals surface area (Å²) in [6, 6.07) is 4.85. The maximum atomic E-state index is 12.5. The van der Waals surface area contributed by atoms with Gasteiger partial charge in [-0.25, -0.2) is 9.78 Å². The van der Waals surface area contributed by atoms with Crippen LogP contribution in [-0.4, -0.2) is 58.1 Å². The molecule has 126 valence electrons. The molecule has 6 nitrogen and oxygen atoms in total. The average Bonchev–Trinajstić information content (AvgIpc) is 2.44. The molecule has 1 unspecified atom stereocenters.